The lowest BCUT2D eigenvalue weighted by Crippen LogP contribution is -2.51. The predicted octanol–water partition coefficient (Wildman–Crippen LogP) is 1.94. The van der Waals surface area contributed by atoms with Crippen LogP contribution >= 0.6 is 0 Å². The summed E-state index contributed by atoms with van der Waals surface area (Å²) in [5, 5.41) is 2.97. The van der Waals surface area contributed by atoms with Crippen LogP contribution in [0.1, 0.15) is 6.92 Å². The molecule has 2 aromatic rings. The molecule has 1 saturated heterocycles. The predicted molar refractivity (Wildman–Crippen MR) is 95.7 cm³/mol. The zero-order valence-corrected chi connectivity index (χ0v) is 14.8. The number of alkyl halides is 2. The maximum atomic E-state index is 12.6. The van der Waals surface area contributed by atoms with Crippen molar-refractivity contribution in [2.24, 2.45) is 0 Å². The molecule has 0 aliphatic carbocycles. The fourth-order valence-electron chi connectivity index (χ4n) is 3.03. The number of nitrogens with zero attached hydrogens (tertiary/aromatic N) is 3. The van der Waals surface area contributed by atoms with Gasteiger partial charge in [0.1, 0.15) is 5.52 Å². The third-order valence-electron chi connectivity index (χ3n) is 4.50. The van der Waals surface area contributed by atoms with Crippen LogP contribution < -0.4 is 10.1 Å². The number of benzene rings is 1. The molecule has 0 unspecified atom stereocenters. The Balaban J connectivity index is 1.76. The summed E-state index contributed by atoms with van der Waals surface area (Å²) in [6.07, 6.45) is 1.44. The zero-order chi connectivity index (χ0) is 19.4. The minimum absolute atomic E-state index is 0.0967. The lowest BCUT2D eigenvalue weighted by molar-refractivity contribution is -0.144. The number of hydrogen-bond acceptors (Lipinski definition) is 5. The van der Waals surface area contributed by atoms with Crippen LogP contribution in [0.2, 0.25) is 0 Å². The molecule has 2 amide bonds. The van der Waals surface area contributed by atoms with Gasteiger partial charge in [0, 0.05) is 37.8 Å². The topological polar surface area (TPSA) is 74.8 Å². The van der Waals surface area contributed by atoms with Gasteiger partial charge < -0.3 is 19.9 Å². The van der Waals surface area contributed by atoms with E-state index in [-0.39, 0.29) is 11.3 Å². The number of piperazine rings is 1. The van der Waals surface area contributed by atoms with Gasteiger partial charge in [0.15, 0.2) is 5.75 Å². The first-order chi connectivity index (χ1) is 13.0. The van der Waals surface area contributed by atoms with Gasteiger partial charge in [-0.2, -0.15) is 8.78 Å². The van der Waals surface area contributed by atoms with E-state index in [2.05, 4.69) is 19.9 Å². The third kappa shape index (κ3) is 4.30. The van der Waals surface area contributed by atoms with Gasteiger partial charge in [-0.1, -0.05) is 6.92 Å². The van der Waals surface area contributed by atoms with E-state index in [9.17, 15) is 18.4 Å². The number of carbonyl (C=O) groups is 2. The summed E-state index contributed by atoms with van der Waals surface area (Å²) in [6, 6.07) is 5.93. The first kappa shape index (κ1) is 19.0. The molecule has 1 N–H and O–H groups in total. The normalized spacial score (nSPS) is 15.2. The van der Waals surface area contributed by atoms with Crippen LogP contribution in [0.5, 0.6) is 5.75 Å². The highest BCUT2D eigenvalue weighted by molar-refractivity contribution is 6.40. The van der Waals surface area contributed by atoms with Crippen LogP contribution in [0.4, 0.5) is 14.5 Å². The van der Waals surface area contributed by atoms with Crippen molar-refractivity contribution in [2.75, 3.05) is 38.0 Å². The summed E-state index contributed by atoms with van der Waals surface area (Å²) < 4.78 is 29.6. The van der Waals surface area contributed by atoms with Crippen LogP contribution in [-0.2, 0) is 9.59 Å². The number of anilines is 1. The number of pyridine rings is 1. The monoisotopic (exact) mass is 378 g/mol. The Kier molecular flexibility index (Phi) is 5.80. The summed E-state index contributed by atoms with van der Waals surface area (Å²) >= 11 is 0. The van der Waals surface area contributed by atoms with E-state index in [1.54, 1.807) is 12.1 Å². The average Bonchev–Trinajstić information content (AvgIpc) is 2.69. The van der Waals surface area contributed by atoms with Crippen LogP contribution in [-0.4, -0.2) is 65.9 Å². The Bertz CT molecular complexity index is 838. The smallest absolute Gasteiger partial charge is 0.387 e. The first-order valence-electron chi connectivity index (χ1n) is 8.64. The Morgan fingerprint density at radius 3 is 2.63 bits per heavy atom. The van der Waals surface area contributed by atoms with Crippen molar-refractivity contribution in [3.05, 3.63) is 30.5 Å². The minimum atomic E-state index is -2.99. The molecular weight excluding hydrogens is 358 g/mol. The van der Waals surface area contributed by atoms with Gasteiger partial charge in [-0.3, -0.25) is 14.6 Å². The largest absolute Gasteiger partial charge is 0.432 e. The minimum Gasteiger partial charge on any atom is -0.432 e. The van der Waals surface area contributed by atoms with Gasteiger partial charge in [-0.05, 0) is 30.8 Å². The highest BCUT2D eigenvalue weighted by Gasteiger charge is 2.26. The summed E-state index contributed by atoms with van der Waals surface area (Å²) in [4.78, 5) is 32.5. The van der Waals surface area contributed by atoms with Gasteiger partial charge in [0.25, 0.3) is 0 Å². The molecule has 1 aliphatic rings. The van der Waals surface area contributed by atoms with Crippen molar-refractivity contribution in [1.82, 2.24) is 14.8 Å². The molecule has 0 bridgehead atoms. The molecule has 7 nitrogen and oxygen atoms in total. The van der Waals surface area contributed by atoms with E-state index in [0.29, 0.717) is 24.2 Å². The Morgan fingerprint density at radius 2 is 1.96 bits per heavy atom. The van der Waals surface area contributed by atoms with Crippen molar-refractivity contribution >= 4 is 28.4 Å². The molecule has 0 radical (unpaired) electrons. The van der Waals surface area contributed by atoms with Crippen molar-refractivity contribution in [1.29, 1.82) is 0 Å². The maximum Gasteiger partial charge on any atom is 0.387 e. The van der Waals surface area contributed by atoms with Gasteiger partial charge in [-0.25, -0.2) is 0 Å². The standard InChI is InChI=1S/C18H20F2N4O3/c1-2-23-8-10-24(11-9-23)17(26)16(25)22-13-5-6-14(27-18(19)20)15-12(13)4-3-7-21-15/h3-7,18H,2,8-11H2,1H3,(H,22,25). The number of nitrogens with one attached hydrogen (secondary N) is 1. The lowest BCUT2D eigenvalue weighted by atomic mass is 10.1. The molecule has 3 rings (SSSR count). The maximum absolute atomic E-state index is 12.6. The van der Waals surface area contributed by atoms with E-state index in [4.69, 9.17) is 0 Å². The number of halogens is 2. The number of rotatable bonds is 4. The van der Waals surface area contributed by atoms with E-state index in [1.165, 1.54) is 23.2 Å². The molecule has 1 fully saturated rings. The average molecular weight is 378 g/mol. The molecule has 1 aromatic heterocycles. The Morgan fingerprint density at radius 1 is 1.22 bits per heavy atom. The molecule has 1 aliphatic heterocycles. The van der Waals surface area contributed by atoms with E-state index >= 15 is 0 Å². The SMILES string of the molecule is CCN1CCN(C(=O)C(=O)Nc2ccc(OC(F)F)c3ncccc23)CC1. The highest BCUT2D eigenvalue weighted by atomic mass is 19.3. The van der Waals surface area contributed by atoms with Crippen molar-refractivity contribution in [2.45, 2.75) is 13.5 Å². The van der Waals surface area contributed by atoms with Crippen LogP contribution in [0.3, 0.4) is 0 Å². The van der Waals surface area contributed by atoms with E-state index in [1.807, 2.05) is 6.92 Å². The number of fused-ring (bicyclic) bond motifs is 1. The van der Waals surface area contributed by atoms with Crippen LogP contribution in [0, 0.1) is 0 Å². The molecule has 0 spiro atoms. The van der Waals surface area contributed by atoms with Gasteiger partial charge >= 0.3 is 18.4 Å². The van der Waals surface area contributed by atoms with Crippen molar-refractivity contribution in [3.63, 3.8) is 0 Å². The molecule has 2 heterocycles. The number of carbonyl (C=O) groups excluding carboxylic acids is 2. The quantitative estimate of drug-likeness (QED) is 0.823. The molecule has 144 valence electrons. The number of aromatic nitrogens is 1. The summed E-state index contributed by atoms with van der Waals surface area (Å²) in [5.41, 5.74) is 0.491. The first-order valence-corrected chi connectivity index (χ1v) is 8.64. The number of ether oxygens (including phenoxy) is 1. The summed E-state index contributed by atoms with van der Waals surface area (Å²) in [5.74, 6) is -1.48. The summed E-state index contributed by atoms with van der Waals surface area (Å²) in [6.45, 7) is 2.39. The molecule has 0 atom stereocenters. The highest BCUT2D eigenvalue weighted by Crippen LogP contribution is 2.31. The van der Waals surface area contributed by atoms with Crippen molar-refractivity contribution in [3.8, 4) is 5.75 Å². The molecule has 1 aromatic carbocycles. The van der Waals surface area contributed by atoms with Crippen LogP contribution in [0.15, 0.2) is 30.5 Å². The zero-order valence-electron chi connectivity index (χ0n) is 14.8. The summed E-state index contributed by atoms with van der Waals surface area (Å²) in [7, 11) is 0. The molecule has 27 heavy (non-hydrogen) atoms. The molecule has 9 heteroatoms. The second kappa shape index (κ2) is 8.26. The number of likely N-dealkylation sites (N-methyl/N-ethyl adjacent to an activating group) is 1. The molecular formula is C18H20F2N4O3. The van der Waals surface area contributed by atoms with Gasteiger partial charge in [0.2, 0.25) is 0 Å². The van der Waals surface area contributed by atoms with E-state index < -0.39 is 18.4 Å². The van der Waals surface area contributed by atoms with E-state index in [0.717, 1.165) is 19.6 Å². The van der Waals surface area contributed by atoms with Gasteiger partial charge in [0.05, 0.1) is 5.69 Å². The Labute approximate surface area is 154 Å². The lowest BCUT2D eigenvalue weighted by Gasteiger charge is -2.33. The fourth-order valence-corrected chi connectivity index (χ4v) is 3.03. The molecule has 0 saturated carbocycles. The number of hydrogen-bond donors (Lipinski definition) is 1. The number of amides is 2. The van der Waals surface area contributed by atoms with Gasteiger partial charge in [-0.15, -0.1) is 0 Å². The fraction of sp³-hybridized carbons (Fsp3) is 0.389. The van der Waals surface area contributed by atoms with Crippen LogP contribution in [0.25, 0.3) is 10.9 Å². The third-order valence-corrected chi connectivity index (χ3v) is 4.50. The Hall–Kier alpha value is -2.81. The second-order valence-corrected chi connectivity index (χ2v) is 6.07. The second-order valence-electron chi connectivity index (χ2n) is 6.07. The van der Waals surface area contributed by atoms with Crippen molar-refractivity contribution < 1.29 is 23.1 Å².